The number of anilines is 1. The van der Waals surface area contributed by atoms with Gasteiger partial charge in [0.25, 0.3) is 5.91 Å². The highest BCUT2D eigenvalue weighted by Crippen LogP contribution is 2.32. The number of nitrogens with one attached hydrogen (secondary N) is 2. The Labute approximate surface area is 165 Å². The second-order valence-electron chi connectivity index (χ2n) is 5.55. The molecule has 0 bridgehead atoms. The summed E-state index contributed by atoms with van der Waals surface area (Å²) in [4.78, 5) is 23.8. The van der Waals surface area contributed by atoms with Crippen LogP contribution in [-0.4, -0.2) is 31.8 Å². The van der Waals surface area contributed by atoms with Crippen molar-refractivity contribution in [1.82, 2.24) is 5.32 Å². The molecule has 0 fully saturated rings. The number of halogens is 2. The minimum Gasteiger partial charge on any atom is -0.490 e. The molecule has 3 rings (SSSR count). The highest BCUT2D eigenvalue weighted by Gasteiger charge is 2.14. The average Bonchev–Trinajstić information content (AvgIpc) is 2.88. The van der Waals surface area contributed by atoms with Gasteiger partial charge in [-0.3, -0.25) is 10.1 Å². The normalized spacial score (nSPS) is 12.7. The Morgan fingerprint density at radius 2 is 1.85 bits per heavy atom. The van der Waals surface area contributed by atoms with Gasteiger partial charge in [-0.05, 0) is 24.3 Å². The van der Waals surface area contributed by atoms with E-state index in [0.29, 0.717) is 35.4 Å². The highest BCUT2D eigenvalue weighted by atomic mass is 35.5. The molecule has 9 heteroatoms. The minimum atomic E-state index is -0.699. The van der Waals surface area contributed by atoms with E-state index < -0.39 is 18.5 Å². The topological polar surface area (TPSA) is 85.9 Å². The highest BCUT2D eigenvalue weighted by molar-refractivity contribution is 6.42. The van der Waals surface area contributed by atoms with E-state index in [1.54, 1.807) is 36.4 Å². The van der Waals surface area contributed by atoms with E-state index in [-0.39, 0.29) is 10.8 Å². The maximum atomic E-state index is 12.0. The summed E-state index contributed by atoms with van der Waals surface area (Å²) in [7, 11) is 0. The second kappa shape index (κ2) is 8.83. The summed E-state index contributed by atoms with van der Waals surface area (Å²) in [5.41, 5.74) is 0.461. The van der Waals surface area contributed by atoms with Crippen molar-refractivity contribution >= 4 is 40.8 Å². The zero-order valence-electron chi connectivity index (χ0n) is 14.1. The van der Waals surface area contributed by atoms with Gasteiger partial charge in [0.15, 0.2) is 18.1 Å². The lowest BCUT2D eigenvalue weighted by atomic mass is 10.3. The molecule has 0 aromatic heterocycles. The number of benzene rings is 2. The maximum absolute atomic E-state index is 12.0. The number of imide groups is 1. The molecule has 1 heterocycles. The Morgan fingerprint density at radius 1 is 1.07 bits per heavy atom. The molecule has 0 saturated heterocycles. The molecular weight excluding hydrogens is 395 g/mol. The van der Waals surface area contributed by atoms with Crippen LogP contribution in [0, 0.1) is 0 Å². The molecule has 0 unspecified atom stereocenters. The summed E-state index contributed by atoms with van der Waals surface area (Å²) in [6.45, 7) is 0.713. The molecule has 1 aliphatic rings. The number of carbonyl (C=O) groups is 2. The molecular formula is C18H16Cl2N2O5. The van der Waals surface area contributed by atoms with Gasteiger partial charge >= 0.3 is 6.03 Å². The average molecular weight is 411 g/mol. The van der Waals surface area contributed by atoms with Crippen LogP contribution in [0.3, 0.4) is 0 Å². The largest absolute Gasteiger partial charge is 0.490 e. The number of hydrogen-bond acceptors (Lipinski definition) is 5. The molecule has 3 amide bonds. The summed E-state index contributed by atoms with van der Waals surface area (Å²) >= 11 is 11.8. The van der Waals surface area contributed by atoms with E-state index in [1.807, 2.05) is 0 Å². The van der Waals surface area contributed by atoms with Gasteiger partial charge in [-0.25, -0.2) is 4.79 Å². The predicted molar refractivity (Wildman–Crippen MR) is 101 cm³/mol. The van der Waals surface area contributed by atoms with E-state index in [0.717, 1.165) is 6.42 Å². The van der Waals surface area contributed by atoms with Crippen LogP contribution in [0.2, 0.25) is 10.0 Å². The van der Waals surface area contributed by atoms with Crippen LogP contribution in [0.5, 0.6) is 17.2 Å². The van der Waals surface area contributed by atoms with Crippen molar-refractivity contribution in [3.8, 4) is 17.2 Å². The number of fused-ring (bicyclic) bond motifs is 1. The van der Waals surface area contributed by atoms with Gasteiger partial charge in [-0.1, -0.05) is 29.3 Å². The lowest BCUT2D eigenvalue weighted by Gasteiger charge is -2.11. The fourth-order valence-corrected chi connectivity index (χ4v) is 2.65. The molecule has 0 radical (unpaired) electrons. The second-order valence-corrected chi connectivity index (χ2v) is 6.34. The van der Waals surface area contributed by atoms with Crippen molar-refractivity contribution in [3.05, 3.63) is 46.4 Å². The first-order valence-electron chi connectivity index (χ1n) is 8.10. The van der Waals surface area contributed by atoms with Gasteiger partial charge in [0.1, 0.15) is 10.8 Å². The van der Waals surface area contributed by atoms with Crippen molar-refractivity contribution in [2.24, 2.45) is 0 Å². The number of amides is 3. The number of urea groups is 1. The third-order valence-corrected chi connectivity index (χ3v) is 4.33. The molecule has 27 heavy (non-hydrogen) atoms. The summed E-state index contributed by atoms with van der Waals surface area (Å²) in [6.07, 6.45) is 0.781. The van der Waals surface area contributed by atoms with Gasteiger partial charge < -0.3 is 19.5 Å². The van der Waals surface area contributed by atoms with Crippen LogP contribution in [0.1, 0.15) is 6.42 Å². The number of carbonyl (C=O) groups excluding carboxylic acids is 2. The monoisotopic (exact) mass is 410 g/mol. The standard InChI is InChI=1S/C18H16Cl2N2O5/c19-12-3-1-4-14(17(12)20)27-10-16(23)22-18(24)21-11-5-6-13-15(9-11)26-8-2-7-25-13/h1,3-6,9H,2,7-8,10H2,(H2,21,22,23,24). The first kappa shape index (κ1) is 19.1. The van der Waals surface area contributed by atoms with E-state index >= 15 is 0 Å². The van der Waals surface area contributed by atoms with Gasteiger partial charge in [0.05, 0.1) is 18.2 Å². The van der Waals surface area contributed by atoms with E-state index in [1.165, 1.54) is 0 Å². The Bertz CT molecular complexity index is 860. The quantitative estimate of drug-likeness (QED) is 0.798. The van der Waals surface area contributed by atoms with Gasteiger partial charge in [0.2, 0.25) is 0 Å². The fraction of sp³-hybridized carbons (Fsp3) is 0.222. The zero-order chi connectivity index (χ0) is 19.2. The van der Waals surface area contributed by atoms with E-state index in [2.05, 4.69) is 10.6 Å². The summed E-state index contributed by atoms with van der Waals surface area (Å²) in [5, 5.41) is 5.22. The van der Waals surface area contributed by atoms with Crippen LogP contribution in [0.25, 0.3) is 0 Å². The van der Waals surface area contributed by atoms with Crippen LogP contribution >= 0.6 is 23.2 Å². The molecule has 0 saturated carbocycles. The Morgan fingerprint density at radius 3 is 2.67 bits per heavy atom. The molecule has 2 N–H and O–H groups in total. The van der Waals surface area contributed by atoms with Gasteiger partial charge in [-0.15, -0.1) is 0 Å². The van der Waals surface area contributed by atoms with Crippen molar-refractivity contribution in [2.75, 3.05) is 25.1 Å². The molecule has 2 aromatic carbocycles. The number of rotatable bonds is 4. The van der Waals surface area contributed by atoms with Crippen molar-refractivity contribution in [3.63, 3.8) is 0 Å². The molecule has 0 aliphatic carbocycles. The Balaban J connectivity index is 1.52. The predicted octanol–water partition coefficient (Wildman–Crippen LogP) is 3.88. The minimum absolute atomic E-state index is 0.198. The Hall–Kier alpha value is -2.64. The number of hydrogen-bond donors (Lipinski definition) is 2. The van der Waals surface area contributed by atoms with Crippen LogP contribution < -0.4 is 24.8 Å². The Kier molecular flexibility index (Phi) is 6.26. The molecule has 0 atom stereocenters. The maximum Gasteiger partial charge on any atom is 0.325 e. The molecule has 142 valence electrons. The van der Waals surface area contributed by atoms with Crippen molar-refractivity contribution < 1.29 is 23.8 Å². The summed E-state index contributed by atoms with van der Waals surface area (Å²) in [6, 6.07) is 9.09. The SMILES string of the molecule is O=C(COc1cccc(Cl)c1Cl)NC(=O)Nc1ccc2c(c1)OCCCO2. The first-order valence-corrected chi connectivity index (χ1v) is 8.86. The first-order chi connectivity index (χ1) is 13.0. The van der Waals surface area contributed by atoms with Crippen LogP contribution in [0.4, 0.5) is 10.5 Å². The lowest BCUT2D eigenvalue weighted by Crippen LogP contribution is -2.37. The molecule has 7 nitrogen and oxygen atoms in total. The van der Waals surface area contributed by atoms with Crippen LogP contribution in [0.15, 0.2) is 36.4 Å². The summed E-state index contributed by atoms with van der Waals surface area (Å²) in [5.74, 6) is 0.761. The molecule has 0 spiro atoms. The molecule has 1 aliphatic heterocycles. The van der Waals surface area contributed by atoms with Crippen molar-refractivity contribution in [1.29, 1.82) is 0 Å². The van der Waals surface area contributed by atoms with Gasteiger partial charge in [0, 0.05) is 18.2 Å². The number of ether oxygens (including phenoxy) is 3. The lowest BCUT2D eigenvalue weighted by molar-refractivity contribution is -0.121. The van der Waals surface area contributed by atoms with Gasteiger partial charge in [-0.2, -0.15) is 0 Å². The smallest absolute Gasteiger partial charge is 0.325 e. The third-order valence-electron chi connectivity index (χ3n) is 3.53. The van der Waals surface area contributed by atoms with E-state index in [4.69, 9.17) is 37.4 Å². The zero-order valence-corrected chi connectivity index (χ0v) is 15.6. The fourth-order valence-electron chi connectivity index (χ4n) is 2.30. The van der Waals surface area contributed by atoms with Crippen molar-refractivity contribution in [2.45, 2.75) is 6.42 Å². The van der Waals surface area contributed by atoms with Crippen LogP contribution in [-0.2, 0) is 4.79 Å². The van der Waals surface area contributed by atoms with E-state index in [9.17, 15) is 9.59 Å². The third kappa shape index (κ3) is 5.18. The summed E-state index contributed by atoms with van der Waals surface area (Å²) < 4.78 is 16.3. The molecule has 2 aromatic rings.